The van der Waals surface area contributed by atoms with Crippen LogP contribution in [0.25, 0.3) is 0 Å². The number of hydrogen-bond acceptors (Lipinski definition) is 1. The van der Waals surface area contributed by atoms with E-state index in [1.807, 2.05) is 6.07 Å². The van der Waals surface area contributed by atoms with Gasteiger partial charge in [0, 0.05) is 19.6 Å². The topological polar surface area (TPSA) is 9.23 Å². The predicted molar refractivity (Wildman–Crippen MR) is 51.6 cm³/mol. The first-order valence-electron chi connectivity index (χ1n) is 4.50. The Morgan fingerprint density at radius 1 is 1.36 bits per heavy atom. The predicted octanol–water partition coefficient (Wildman–Crippen LogP) is 2.99. The summed E-state index contributed by atoms with van der Waals surface area (Å²) in [4.78, 5) is 0. The Bertz CT molecular complexity index is 292. The second-order valence-electron chi connectivity index (χ2n) is 3.33. The molecule has 0 atom stereocenters. The van der Waals surface area contributed by atoms with Gasteiger partial charge >= 0.3 is 0 Å². The molecule has 0 radical (unpaired) electrons. The highest BCUT2D eigenvalue weighted by Gasteiger charge is 2.23. The van der Waals surface area contributed by atoms with Gasteiger partial charge < -0.3 is 4.74 Å². The maximum Gasteiger partial charge on any atom is 0.270 e. The molecule has 78 valence electrons. The first-order chi connectivity index (χ1) is 6.54. The summed E-state index contributed by atoms with van der Waals surface area (Å²) in [5, 5.41) is 0. The molecule has 0 spiro atoms. The van der Waals surface area contributed by atoms with E-state index in [2.05, 4.69) is 0 Å². The third kappa shape index (κ3) is 3.07. The summed E-state index contributed by atoms with van der Waals surface area (Å²) in [5.41, 5.74) is 0.942. The second-order valence-corrected chi connectivity index (χ2v) is 3.33. The maximum absolute atomic E-state index is 12.9. The Morgan fingerprint density at radius 3 is 2.64 bits per heavy atom. The Morgan fingerprint density at radius 2 is 2.07 bits per heavy atom. The second kappa shape index (κ2) is 4.51. The van der Waals surface area contributed by atoms with Gasteiger partial charge in [0.05, 0.1) is 6.61 Å². The third-order valence-electron chi connectivity index (χ3n) is 2.03. The van der Waals surface area contributed by atoms with Crippen LogP contribution in [0.15, 0.2) is 24.3 Å². The molecule has 0 saturated carbocycles. The molecule has 0 unspecified atom stereocenters. The van der Waals surface area contributed by atoms with Crippen molar-refractivity contribution in [3.63, 3.8) is 0 Å². The number of rotatable bonds is 4. The zero-order valence-corrected chi connectivity index (χ0v) is 8.39. The molecular formula is C11H14F2O. The molecule has 0 saturated heterocycles. The molecule has 0 fully saturated rings. The Hall–Kier alpha value is -0.960. The van der Waals surface area contributed by atoms with E-state index in [1.165, 1.54) is 12.1 Å². The van der Waals surface area contributed by atoms with Gasteiger partial charge in [0.2, 0.25) is 0 Å². The molecule has 0 aliphatic carbocycles. The van der Waals surface area contributed by atoms with Crippen molar-refractivity contribution in [1.29, 1.82) is 0 Å². The fourth-order valence-corrected chi connectivity index (χ4v) is 1.22. The number of hydrogen-bond donors (Lipinski definition) is 0. The zero-order valence-electron chi connectivity index (χ0n) is 8.39. The van der Waals surface area contributed by atoms with Crippen LogP contribution in [0.2, 0.25) is 0 Å². The normalized spacial score (nSPS) is 11.7. The minimum Gasteiger partial charge on any atom is -0.384 e. The van der Waals surface area contributed by atoms with Crippen LogP contribution in [-0.2, 0) is 17.1 Å². The van der Waals surface area contributed by atoms with E-state index in [-0.39, 0.29) is 5.56 Å². The van der Waals surface area contributed by atoms with Crippen LogP contribution in [0.4, 0.5) is 8.78 Å². The monoisotopic (exact) mass is 200 g/mol. The Kier molecular flexibility index (Phi) is 3.58. The highest BCUT2D eigenvalue weighted by Crippen LogP contribution is 2.27. The minimum atomic E-state index is -2.76. The number of methoxy groups -OCH3 is 1. The van der Waals surface area contributed by atoms with Gasteiger partial charge in [-0.05, 0) is 18.1 Å². The summed E-state index contributed by atoms with van der Waals surface area (Å²) < 4.78 is 30.7. The lowest BCUT2D eigenvalue weighted by Crippen LogP contribution is -2.07. The van der Waals surface area contributed by atoms with Crippen molar-refractivity contribution in [2.24, 2.45) is 0 Å². The average Bonchev–Trinajstić information content (AvgIpc) is 2.14. The van der Waals surface area contributed by atoms with E-state index >= 15 is 0 Å². The summed E-state index contributed by atoms with van der Waals surface area (Å²) in [6.07, 6.45) is 0.667. The van der Waals surface area contributed by atoms with E-state index in [1.54, 1.807) is 13.2 Å². The quantitative estimate of drug-likeness (QED) is 0.726. The fourth-order valence-electron chi connectivity index (χ4n) is 1.22. The molecule has 0 N–H and O–H groups in total. The lowest BCUT2D eigenvalue weighted by Gasteiger charge is -2.11. The largest absolute Gasteiger partial charge is 0.384 e. The summed E-state index contributed by atoms with van der Waals surface area (Å²) in [6.45, 7) is 1.46. The number of halogens is 2. The Labute approximate surface area is 82.7 Å². The van der Waals surface area contributed by atoms with Crippen molar-refractivity contribution in [3.8, 4) is 0 Å². The van der Waals surface area contributed by atoms with Crippen molar-refractivity contribution in [1.82, 2.24) is 0 Å². The van der Waals surface area contributed by atoms with Crippen LogP contribution in [0.1, 0.15) is 18.1 Å². The van der Waals surface area contributed by atoms with Crippen LogP contribution >= 0.6 is 0 Å². The van der Waals surface area contributed by atoms with E-state index < -0.39 is 5.92 Å². The van der Waals surface area contributed by atoms with Crippen molar-refractivity contribution < 1.29 is 13.5 Å². The van der Waals surface area contributed by atoms with Gasteiger partial charge in [-0.25, -0.2) is 8.78 Å². The van der Waals surface area contributed by atoms with Gasteiger partial charge in [-0.15, -0.1) is 0 Å². The third-order valence-corrected chi connectivity index (χ3v) is 2.03. The lowest BCUT2D eigenvalue weighted by molar-refractivity contribution is 0.0174. The first kappa shape index (κ1) is 11.1. The first-order valence-corrected chi connectivity index (χ1v) is 4.50. The van der Waals surface area contributed by atoms with Crippen LogP contribution in [0, 0.1) is 0 Å². The van der Waals surface area contributed by atoms with E-state index in [9.17, 15) is 8.78 Å². The zero-order chi connectivity index (χ0) is 10.6. The molecular weight excluding hydrogens is 186 g/mol. The number of alkyl halides is 2. The van der Waals surface area contributed by atoms with Crippen LogP contribution < -0.4 is 0 Å². The van der Waals surface area contributed by atoms with Gasteiger partial charge in [0.1, 0.15) is 0 Å². The van der Waals surface area contributed by atoms with Crippen molar-refractivity contribution in [2.75, 3.05) is 13.7 Å². The molecule has 1 aromatic carbocycles. The maximum atomic E-state index is 12.9. The van der Waals surface area contributed by atoms with E-state index in [4.69, 9.17) is 4.74 Å². The summed E-state index contributed by atoms with van der Waals surface area (Å²) in [5.74, 6) is -2.76. The van der Waals surface area contributed by atoms with Crippen LogP contribution in [0.5, 0.6) is 0 Å². The smallest absolute Gasteiger partial charge is 0.270 e. The van der Waals surface area contributed by atoms with Gasteiger partial charge in [-0.1, -0.05) is 18.2 Å². The SMILES string of the molecule is COCCc1cccc(C(C)(F)F)c1. The highest BCUT2D eigenvalue weighted by molar-refractivity contribution is 5.26. The molecule has 14 heavy (non-hydrogen) atoms. The van der Waals surface area contributed by atoms with Crippen molar-refractivity contribution in [3.05, 3.63) is 35.4 Å². The van der Waals surface area contributed by atoms with Gasteiger partial charge in [-0.3, -0.25) is 0 Å². The van der Waals surface area contributed by atoms with Crippen molar-refractivity contribution >= 4 is 0 Å². The van der Waals surface area contributed by atoms with Crippen LogP contribution in [0.3, 0.4) is 0 Å². The van der Waals surface area contributed by atoms with Crippen LogP contribution in [-0.4, -0.2) is 13.7 Å². The van der Waals surface area contributed by atoms with Gasteiger partial charge in [0.15, 0.2) is 0 Å². The average molecular weight is 200 g/mol. The summed E-state index contributed by atoms with van der Waals surface area (Å²) in [6, 6.07) is 6.45. The van der Waals surface area contributed by atoms with Gasteiger partial charge in [0.25, 0.3) is 5.92 Å². The molecule has 0 amide bonds. The van der Waals surface area contributed by atoms with Crippen molar-refractivity contribution in [2.45, 2.75) is 19.3 Å². The molecule has 0 aromatic heterocycles. The summed E-state index contributed by atoms with van der Waals surface area (Å²) >= 11 is 0. The number of ether oxygens (including phenoxy) is 1. The summed E-state index contributed by atoms with van der Waals surface area (Å²) in [7, 11) is 1.60. The van der Waals surface area contributed by atoms with Gasteiger partial charge in [-0.2, -0.15) is 0 Å². The molecule has 0 bridgehead atoms. The number of benzene rings is 1. The highest BCUT2D eigenvalue weighted by atomic mass is 19.3. The minimum absolute atomic E-state index is 0.0612. The lowest BCUT2D eigenvalue weighted by atomic mass is 10.0. The molecule has 1 aromatic rings. The van der Waals surface area contributed by atoms with E-state index in [0.29, 0.717) is 13.0 Å². The Balaban J connectivity index is 2.79. The molecule has 1 nitrogen and oxygen atoms in total. The molecule has 0 heterocycles. The molecule has 1 rings (SSSR count). The van der Waals surface area contributed by atoms with E-state index in [0.717, 1.165) is 12.5 Å². The molecule has 0 aliphatic rings. The standard InChI is InChI=1S/C11H14F2O/c1-11(12,13)10-5-3-4-9(8-10)6-7-14-2/h3-5,8H,6-7H2,1-2H3. The fraction of sp³-hybridized carbons (Fsp3) is 0.455. The molecule has 0 aliphatic heterocycles. The molecule has 3 heteroatoms.